The van der Waals surface area contributed by atoms with Gasteiger partial charge in [0.15, 0.2) is 0 Å². The smallest absolute Gasteiger partial charge is 0.141 e. The number of aromatic amines is 1. The van der Waals surface area contributed by atoms with Crippen LogP contribution in [0.2, 0.25) is 0 Å². The van der Waals surface area contributed by atoms with Crippen LogP contribution in [0.3, 0.4) is 0 Å². The first kappa shape index (κ1) is 13.6. The van der Waals surface area contributed by atoms with Gasteiger partial charge in [-0.05, 0) is 30.5 Å². The predicted octanol–water partition coefficient (Wildman–Crippen LogP) is 3.01. The molecule has 0 radical (unpaired) electrons. The van der Waals surface area contributed by atoms with E-state index in [1.54, 1.807) is 7.11 Å². The van der Waals surface area contributed by atoms with E-state index < -0.39 is 0 Å². The maximum absolute atomic E-state index is 9.23. The second-order valence-electron chi connectivity index (χ2n) is 4.93. The van der Waals surface area contributed by atoms with Crippen molar-refractivity contribution in [3.05, 3.63) is 35.2 Å². The van der Waals surface area contributed by atoms with E-state index in [0.29, 0.717) is 11.6 Å². The maximum Gasteiger partial charge on any atom is 0.141 e. The molecule has 0 atom stereocenters. The quantitative estimate of drug-likeness (QED) is 0.888. The van der Waals surface area contributed by atoms with Crippen LogP contribution >= 0.6 is 0 Å². The van der Waals surface area contributed by atoms with Crippen LogP contribution in [0.15, 0.2) is 18.2 Å². The molecule has 0 aliphatic heterocycles. The Balaban J connectivity index is 2.54. The molecule has 0 aliphatic carbocycles. The number of nitrogens with one attached hydrogen (secondary N) is 1. The first-order valence-electron chi connectivity index (χ1n) is 6.41. The number of hydrogen-bond acceptors (Lipinski definition) is 3. The van der Waals surface area contributed by atoms with E-state index in [0.717, 1.165) is 22.8 Å². The fourth-order valence-corrected chi connectivity index (χ4v) is 2.05. The minimum atomic E-state index is -0.0610. The molecule has 1 aromatic carbocycles. The summed E-state index contributed by atoms with van der Waals surface area (Å²) in [5, 5.41) is 9.23. The van der Waals surface area contributed by atoms with Crippen LogP contribution in [0.5, 0.6) is 5.75 Å². The Morgan fingerprint density at radius 2 is 2.11 bits per heavy atom. The number of H-pyrrole nitrogens is 1. The zero-order valence-electron chi connectivity index (χ0n) is 11.8. The van der Waals surface area contributed by atoms with Gasteiger partial charge in [0.2, 0.25) is 0 Å². The molecule has 2 N–H and O–H groups in total. The molecule has 2 aromatic rings. The van der Waals surface area contributed by atoms with Gasteiger partial charge in [-0.3, -0.25) is 0 Å². The second-order valence-corrected chi connectivity index (χ2v) is 4.93. The summed E-state index contributed by atoms with van der Waals surface area (Å²) in [5.41, 5.74) is 3.72. The molecule has 0 fully saturated rings. The van der Waals surface area contributed by atoms with E-state index >= 15 is 0 Å². The first-order chi connectivity index (χ1) is 9.06. The molecule has 0 aliphatic rings. The van der Waals surface area contributed by atoms with Crippen LogP contribution in [0.1, 0.15) is 36.7 Å². The Kier molecular flexibility index (Phi) is 3.90. The SMILES string of the molecule is COc1ccc(C(C)C)cc1-c1nc(CO)c(C)[nH]1. The van der Waals surface area contributed by atoms with E-state index in [9.17, 15) is 5.11 Å². The first-order valence-corrected chi connectivity index (χ1v) is 6.41. The Morgan fingerprint density at radius 3 is 2.63 bits per heavy atom. The lowest BCUT2D eigenvalue weighted by Gasteiger charge is -2.11. The number of benzene rings is 1. The van der Waals surface area contributed by atoms with Crippen LogP contribution < -0.4 is 4.74 Å². The third-order valence-electron chi connectivity index (χ3n) is 3.28. The molecule has 4 heteroatoms. The lowest BCUT2D eigenvalue weighted by atomic mass is 10.00. The molecular weight excluding hydrogens is 240 g/mol. The average molecular weight is 260 g/mol. The van der Waals surface area contributed by atoms with Gasteiger partial charge in [0.1, 0.15) is 11.6 Å². The highest BCUT2D eigenvalue weighted by Crippen LogP contribution is 2.31. The average Bonchev–Trinajstić information content (AvgIpc) is 2.79. The molecule has 0 saturated carbocycles. The zero-order chi connectivity index (χ0) is 14.0. The molecule has 2 rings (SSSR count). The van der Waals surface area contributed by atoms with Gasteiger partial charge < -0.3 is 14.8 Å². The highest BCUT2D eigenvalue weighted by Gasteiger charge is 2.13. The Morgan fingerprint density at radius 1 is 1.37 bits per heavy atom. The predicted molar refractivity (Wildman–Crippen MR) is 75.3 cm³/mol. The van der Waals surface area contributed by atoms with Gasteiger partial charge in [-0.2, -0.15) is 0 Å². The molecule has 0 unspecified atom stereocenters. The highest BCUT2D eigenvalue weighted by molar-refractivity contribution is 5.66. The summed E-state index contributed by atoms with van der Waals surface area (Å²) >= 11 is 0. The molecule has 0 bridgehead atoms. The fraction of sp³-hybridized carbons (Fsp3) is 0.400. The third kappa shape index (κ3) is 2.63. The second kappa shape index (κ2) is 5.45. The summed E-state index contributed by atoms with van der Waals surface area (Å²) in [6.07, 6.45) is 0. The van der Waals surface area contributed by atoms with Gasteiger partial charge in [-0.25, -0.2) is 4.98 Å². The van der Waals surface area contributed by atoms with E-state index in [4.69, 9.17) is 4.74 Å². The van der Waals surface area contributed by atoms with Crippen LogP contribution in [0.25, 0.3) is 11.4 Å². The number of hydrogen-bond donors (Lipinski definition) is 2. The molecule has 4 nitrogen and oxygen atoms in total. The van der Waals surface area contributed by atoms with E-state index in [1.165, 1.54) is 5.56 Å². The number of ether oxygens (including phenoxy) is 1. The zero-order valence-corrected chi connectivity index (χ0v) is 11.8. The number of aliphatic hydroxyl groups is 1. The minimum absolute atomic E-state index is 0.0610. The van der Waals surface area contributed by atoms with Gasteiger partial charge in [-0.1, -0.05) is 19.9 Å². The van der Waals surface area contributed by atoms with E-state index in [2.05, 4.69) is 35.9 Å². The van der Waals surface area contributed by atoms with Crippen molar-refractivity contribution in [3.8, 4) is 17.1 Å². The lowest BCUT2D eigenvalue weighted by molar-refractivity contribution is 0.276. The fourth-order valence-electron chi connectivity index (χ4n) is 2.05. The van der Waals surface area contributed by atoms with Crippen molar-refractivity contribution >= 4 is 0 Å². The Labute approximate surface area is 113 Å². The van der Waals surface area contributed by atoms with Crippen molar-refractivity contribution < 1.29 is 9.84 Å². The van der Waals surface area contributed by atoms with Crippen LogP contribution in [-0.4, -0.2) is 22.2 Å². The molecule has 1 heterocycles. The van der Waals surface area contributed by atoms with Gasteiger partial charge in [-0.15, -0.1) is 0 Å². The van der Waals surface area contributed by atoms with Crippen molar-refractivity contribution in [2.45, 2.75) is 33.3 Å². The number of methoxy groups -OCH3 is 1. The summed E-state index contributed by atoms with van der Waals surface area (Å²) in [5.74, 6) is 1.96. The largest absolute Gasteiger partial charge is 0.496 e. The number of aromatic nitrogens is 2. The third-order valence-corrected chi connectivity index (χ3v) is 3.28. The molecule has 0 spiro atoms. The van der Waals surface area contributed by atoms with Crippen molar-refractivity contribution in [3.63, 3.8) is 0 Å². The lowest BCUT2D eigenvalue weighted by Crippen LogP contribution is -1.94. The summed E-state index contributed by atoms with van der Waals surface area (Å²) in [4.78, 5) is 7.62. The number of aryl methyl sites for hydroxylation is 1. The van der Waals surface area contributed by atoms with Crippen molar-refractivity contribution in [1.82, 2.24) is 9.97 Å². The van der Waals surface area contributed by atoms with Crippen molar-refractivity contribution in [2.75, 3.05) is 7.11 Å². The number of imidazole rings is 1. The molecular formula is C15H20N2O2. The molecule has 102 valence electrons. The Bertz CT molecular complexity index is 574. The number of aliphatic hydroxyl groups excluding tert-OH is 1. The van der Waals surface area contributed by atoms with Crippen LogP contribution in [0.4, 0.5) is 0 Å². The standard InChI is InChI=1S/C15H20N2O2/c1-9(2)11-5-6-14(19-4)12(7-11)15-16-10(3)13(8-18)17-15/h5-7,9,18H,8H2,1-4H3,(H,16,17). The summed E-state index contributed by atoms with van der Waals surface area (Å²) in [7, 11) is 1.65. The molecule has 1 aromatic heterocycles. The van der Waals surface area contributed by atoms with Crippen LogP contribution in [-0.2, 0) is 6.61 Å². The number of nitrogens with zero attached hydrogens (tertiary/aromatic N) is 1. The summed E-state index contributed by atoms with van der Waals surface area (Å²) in [6.45, 7) is 6.14. The summed E-state index contributed by atoms with van der Waals surface area (Å²) in [6, 6.07) is 6.11. The van der Waals surface area contributed by atoms with Gasteiger partial charge >= 0.3 is 0 Å². The highest BCUT2D eigenvalue weighted by atomic mass is 16.5. The van der Waals surface area contributed by atoms with Gasteiger partial charge in [0, 0.05) is 5.69 Å². The molecule has 19 heavy (non-hydrogen) atoms. The maximum atomic E-state index is 9.23. The van der Waals surface area contributed by atoms with E-state index in [1.807, 2.05) is 13.0 Å². The normalized spacial score (nSPS) is 11.1. The van der Waals surface area contributed by atoms with Crippen molar-refractivity contribution in [1.29, 1.82) is 0 Å². The monoisotopic (exact) mass is 260 g/mol. The van der Waals surface area contributed by atoms with Gasteiger partial charge in [0.25, 0.3) is 0 Å². The Hall–Kier alpha value is -1.81. The molecule has 0 saturated heterocycles. The minimum Gasteiger partial charge on any atom is -0.496 e. The molecule has 0 amide bonds. The van der Waals surface area contributed by atoms with Gasteiger partial charge in [0.05, 0.1) is 25.0 Å². The summed E-state index contributed by atoms with van der Waals surface area (Å²) < 4.78 is 5.39. The topological polar surface area (TPSA) is 58.1 Å². The number of rotatable bonds is 4. The van der Waals surface area contributed by atoms with E-state index in [-0.39, 0.29) is 6.61 Å². The van der Waals surface area contributed by atoms with Crippen molar-refractivity contribution in [2.24, 2.45) is 0 Å². The van der Waals surface area contributed by atoms with Crippen LogP contribution in [0, 0.1) is 6.92 Å².